The lowest BCUT2D eigenvalue weighted by molar-refractivity contribution is 0.401. The maximum atomic E-state index is 12.0. The van der Waals surface area contributed by atoms with Gasteiger partial charge < -0.3 is 15.5 Å². The van der Waals surface area contributed by atoms with E-state index in [0.29, 0.717) is 11.3 Å². The van der Waals surface area contributed by atoms with E-state index in [4.69, 9.17) is 0 Å². The molecular weight excluding hydrogens is 423 g/mol. The standard InChI is InChI=1S/C16H34N4OS.HI/c1-5-17-16(18-11-8-12-20(3)4)19-14-9-7-10-15(13-14)22(21)6-2;/h14-15H,5-13H2,1-4H3,(H2,17,18,19);1H. The van der Waals surface area contributed by atoms with Crippen LogP contribution in [0.2, 0.25) is 0 Å². The molecule has 3 atom stereocenters. The highest BCUT2D eigenvalue weighted by Gasteiger charge is 2.25. The molecule has 0 aromatic rings. The van der Waals surface area contributed by atoms with Gasteiger partial charge in [-0.2, -0.15) is 0 Å². The molecule has 0 radical (unpaired) electrons. The molecule has 0 heterocycles. The van der Waals surface area contributed by atoms with Crippen LogP contribution in [-0.2, 0) is 10.8 Å². The maximum Gasteiger partial charge on any atom is 0.191 e. The van der Waals surface area contributed by atoms with E-state index < -0.39 is 10.8 Å². The number of nitrogens with one attached hydrogen (secondary N) is 2. The second-order valence-corrected chi connectivity index (χ2v) is 8.22. The number of nitrogens with zero attached hydrogens (tertiary/aromatic N) is 2. The zero-order valence-electron chi connectivity index (χ0n) is 15.1. The fraction of sp³-hybridized carbons (Fsp3) is 0.938. The molecule has 1 rings (SSSR count). The lowest BCUT2D eigenvalue weighted by Crippen LogP contribution is -2.46. The first-order valence-electron chi connectivity index (χ1n) is 8.63. The summed E-state index contributed by atoms with van der Waals surface area (Å²) in [6.45, 7) is 6.88. The van der Waals surface area contributed by atoms with Crippen LogP contribution >= 0.6 is 24.0 Å². The Labute approximate surface area is 161 Å². The number of halogens is 1. The van der Waals surface area contributed by atoms with Crippen LogP contribution in [0.4, 0.5) is 0 Å². The molecular formula is C16H35IN4OS. The number of guanidine groups is 1. The SMILES string of the molecule is CCNC(=NCCCN(C)C)NC1CCCC(S(=O)CC)C1.I. The third-order valence-corrected chi connectivity index (χ3v) is 5.74. The first-order chi connectivity index (χ1) is 10.6. The average Bonchev–Trinajstić information content (AvgIpc) is 2.51. The average molecular weight is 458 g/mol. The van der Waals surface area contributed by atoms with Crippen molar-refractivity contribution in [3.8, 4) is 0 Å². The van der Waals surface area contributed by atoms with E-state index in [2.05, 4.69) is 41.5 Å². The molecule has 7 heteroatoms. The van der Waals surface area contributed by atoms with Crippen LogP contribution < -0.4 is 10.6 Å². The smallest absolute Gasteiger partial charge is 0.191 e. The Balaban J connectivity index is 0.00000484. The van der Waals surface area contributed by atoms with E-state index in [-0.39, 0.29) is 24.0 Å². The van der Waals surface area contributed by atoms with E-state index in [9.17, 15) is 4.21 Å². The Kier molecular flexibility index (Phi) is 13.5. The van der Waals surface area contributed by atoms with Gasteiger partial charge in [0.15, 0.2) is 5.96 Å². The number of hydrogen-bond donors (Lipinski definition) is 2. The van der Waals surface area contributed by atoms with Gasteiger partial charge in [0, 0.05) is 40.9 Å². The molecule has 0 spiro atoms. The lowest BCUT2D eigenvalue weighted by Gasteiger charge is -2.30. The van der Waals surface area contributed by atoms with Crippen molar-refractivity contribution in [3.63, 3.8) is 0 Å². The molecule has 2 N–H and O–H groups in total. The predicted molar refractivity (Wildman–Crippen MR) is 112 cm³/mol. The summed E-state index contributed by atoms with van der Waals surface area (Å²) in [4.78, 5) is 6.84. The van der Waals surface area contributed by atoms with Crippen LogP contribution in [0.15, 0.2) is 4.99 Å². The summed E-state index contributed by atoms with van der Waals surface area (Å²) in [5, 5.41) is 7.22. The zero-order valence-corrected chi connectivity index (χ0v) is 18.3. The summed E-state index contributed by atoms with van der Waals surface area (Å²) in [5.74, 6) is 1.69. The van der Waals surface area contributed by atoms with Gasteiger partial charge in [-0.15, -0.1) is 24.0 Å². The third-order valence-electron chi connectivity index (χ3n) is 4.00. The Morgan fingerprint density at radius 1 is 1.30 bits per heavy atom. The van der Waals surface area contributed by atoms with Crippen LogP contribution in [0.1, 0.15) is 46.0 Å². The van der Waals surface area contributed by atoms with E-state index in [0.717, 1.165) is 63.5 Å². The highest BCUT2D eigenvalue weighted by molar-refractivity contribution is 14.0. The van der Waals surface area contributed by atoms with Crippen LogP contribution in [0.3, 0.4) is 0 Å². The van der Waals surface area contributed by atoms with Crippen molar-refractivity contribution in [2.75, 3.05) is 39.5 Å². The second-order valence-electron chi connectivity index (χ2n) is 6.22. The summed E-state index contributed by atoms with van der Waals surface area (Å²) in [6, 6.07) is 0.404. The minimum atomic E-state index is -0.671. The van der Waals surface area contributed by atoms with Crippen molar-refractivity contribution in [1.82, 2.24) is 15.5 Å². The van der Waals surface area contributed by atoms with Gasteiger partial charge in [-0.3, -0.25) is 9.20 Å². The first kappa shape index (κ1) is 23.1. The predicted octanol–water partition coefficient (Wildman–Crippen LogP) is 2.19. The molecule has 5 nitrogen and oxygen atoms in total. The highest BCUT2D eigenvalue weighted by Crippen LogP contribution is 2.22. The molecule has 0 saturated heterocycles. The zero-order chi connectivity index (χ0) is 16.4. The van der Waals surface area contributed by atoms with Crippen LogP contribution in [0.5, 0.6) is 0 Å². The molecule has 23 heavy (non-hydrogen) atoms. The topological polar surface area (TPSA) is 56.7 Å². The largest absolute Gasteiger partial charge is 0.357 e. The molecule has 0 aliphatic heterocycles. The summed E-state index contributed by atoms with van der Waals surface area (Å²) >= 11 is 0. The fourth-order valence-corrected chi connectivity index (χ4v) is 4.19. The second kappa shape index (κ2) is 13.4. The molecule has 0 aromatic carbocycles. The number of aliphatic imine (C=N–C) groups is 1. The fourth-order valence-electron chi connectivity index (χ4n) is 2.84. The van der Waals surface area contributed by atoms with Gasteiger partial charge >= 0.3 is 0 Å². The Hall–Kier alpha value is 0.110. The molecule has 1 aliphatic rings. The van der Waals surface area contributed by atoms with Crippen molar-refractivity contribution in [1.29, 1.82) is 0 Å². The minimum absolute atomic E-state index is 0. The number of hydrogen-bond acceptors (Lipinski definition) is 3. The lowest BCUT2D eigenvalue weighted by atomic mass is 9.95. The molecule has 1 fully saturated rings. The van der Waals surface area contributed by atoms with Crippen molar-refractivity contribution in [2.45, 2.75) is 57.2 Å². The molecule has 0 aromatic heterocycles. The molecule has 3 unspecified atom stereocenters. The normalized spacial score (nSPS) is 23.3. The maximum absolute atomic E-state index is 12.0. The third kappa shape index (κ3) is 9.86. The molecule has 0 bridgehead atoms. The van der Waals surface area contributed by atoms with Crippen LogP contribution in [-0.4, -0.2) is 65.8 Å². The summed E-state index contributed by atoms with van der Waals surface area (Å²) in [5.41, 5.74) is 0. The van der Waals surface area contributed by atoms with Gasteiger partial charge in [0.2, 0.25) is 0 Å². The van der Waals surface area contributed by atoms with Crippen molar-refractivity contribution < 1.29 is 4.21 Å². The van der Waals surface area contributed by atoms with Gasteiger partial charge in [0.05, 0.1) is 0 Å². The minimum Gasteiger partial charge on any atom is -0.357 e. The van der Waals surface area contributed by atoms with Gasteiger partial charge in [0.1, 0.15) is 0 Å². The number of rotatable bonds is 8. The summed E-state index contributed by atoms with van der Waals surface area (Å²) in [7, 11) is 3.50. The van der Waals surface area contributed by atoms with Gasteiger partial charge in [-0.05, 0) is 53.2 Å². The summed E-state index contributed by atoms with van der Waals surface area (Å²) in [6.07, 6.45) is 5.49. The van der Waals surface area contributed by atoms with Crippen molar-refractivity contribution in [3.05, 3.63) is 0 Å². The van der Waals surface area contributed by atoms with Crippen LogP contribution in [0.25, 0.3) is 0 Å². The monoisotopic (exact) mass is 458 g/mol. The Morgan fingerprint density at radius 2 is 2.04 bits per heavy atom. The molecule has 1 saturated carbocycles. The Bertz CT molecular complexity index is 366. The quantitative estimate of drug-likeness (QED) is 0.254. The molecule has 0 amide bonds. The highest BCUT2D eigenvalue weighted by atomic mass is 127. The molecule has 138 valence electrons. The van der Waals surface area contributed by atoms with Crippen molar-refractivity contribution >= 4 is 40.7 Å². The van der Waals surface area contributed by atoms with E-state index in [1.54, 1.807) is 0 Å². The first-order valence-corrected chi connectivity index (χ1v) is 10.0. The van der Waals surface area contributed by atoms with Gasteiger partial charge in [-0.25, -0.2) is 0 Å². The van der Waals surface area contributed by atoms with E-state index in [1.807, 2.05) is 6.92 Å². The van der Waals surface area contributed by atoms with Gasteiger partial charge in [-0.1, -0.05) is 13.3 Å². The van der Waals surface area contributed by atoms with Gasteiger partial charge in [0.25, 0.3) is 0 Å². The van der Waals surface area contributed by atoms with Crippen molar-refractivity contribution in [2.24, 2.45) is 4.99 Å². The van der Waals surface area contributed by atoms with E-state index >= 15 is 0 Å². The van der Waals surface area contributed by atoms with Crippen LogP contribution in [0, 0.1) is 0 Å². The summed E-state index contributed by atoms with van der Waals surface area (Å²) < 4.78 is 12.0. The molecule has 1 aliphatic carbocycles. The van der Waals surface area contributed by atoms with E-state index in [1.165, 1.54) is 0 Å². The Morgan fingerprint density at radius 3 is 2.65 bits per heavy atom.